The monoisotopic (exact) mass is 499 g/mol. The summed E-state index contributed by atoms with van der Waals surface area (Å²) in [6, 6.07) is 9.59. The van der Waals surface area contributed by atoms with Crippen molar-refractivity contribution in [1.82, 2.24) is 9.97 Å². The van der Waals surface area contributed by atoms with Crippen molar-refractivity contribution in [2.75, 3.05) is 26.4 Å². The van der Waals surface area contributed by atoms with Gasteiger partial charge >= 0.3 is 6.18 Å². The number of primary amides is 1. The van der Waals surface area contributed by atoms with Crippen LogP contribution in [0.25, 0.3) is 22.3 Å². The average molecular weight is 499 g/mol. The second-order valence-electron chi connectivity index (χ2n) is 9.20. The lowest BCUT2D eigenvalue weighted by molar-refractivity contribution is -0.140. The van der Waals surface area contributed by atoms with Crippen LogP contribution in [0.5, 0.6) is 5.88 Å². The van der Waals surface area contributed by atoms with E-state index in [0.29, 0.717) is 36.1 Å². The van der Waals surface area contributed by atoms with E-state index in [1.165, 1.54) is 12.1 Å². The predicted molar refractivity (Wildman–Crippen MR) is 124 cm³/mol. The number of aliphatic hydroxyl groups is 1. The van der Waals surface area contributed by atoms with Gasteiger partial charge in [0.25, 0.3) is 0 Å². The summed E-state index contributed by atoms with van der Waals surface area (Å²) < 4.78 is 52.8. The number of aryl methyl sites for hydroxylation is 1. The summed E-state index contributed by atoms with van der Waals surface area (Å²) in [5.41, 5.74) is 6.49. The number of alkyl halides is 3. The normalized spacial score (nSPS) is 20.8. The van der Waals surface area contributed by atoms with Crippen LogP contribution in [0.15, 0.2) is 42.6 Å². The van der Waals surface area contributed by atoms with Crippen molar-refractivity contribution >= 4 is 5.91 Å². The van der Waals surface area contributed by atoms with Crippen LogP contribution in [0.4, 0.5) is 13.2 Å². The van der Waals surface area contributed by atoms with Gasteiger partial charge in [-0.25, -0.2) is 4.98 Å². The number of rotatable bonds is 7. The molecule has 2 atom stereocenters. The number of aliphatic hydroxyl groups excluding tert-OH is 1. The lowest BCUT2D eigenvalue weighted by Gasteiger charge is -2.18. The number of halogens is 3. The highest BCUT2D eigenvalue weighted by molar-refractivity contribution is 6.00. The summed E-state index contributed by atoms with van der Waals surface area (Å²) in [5.74, 6) is -0.310. The Kier molecular flexibility index (Phi) is 5.96. The predicted octanol–water partition coefficient (Wildman–Crippen LogP) is 3.90. The van der Waals surface area contributed by atoms with Crippen molar-refractivity contribution < 1.29 is 32.5 Å². The fourth-order valence-corrected chi connectivity index (χ4v) is 4.95. The molecule has 3 aromatic rings. The van der Waals surface area contributed by atoms with Crippen LogP contribution >= 0.6 is 0 Å². The molecule has 0 spiro atoms. The second-order valence-corrected chi connectivity index (χ2v) is 9.20. The van der Waals surface area contributed by atoms with Crippen molar-refractivity contribution in [1.29, 1.82) is 0 Å². The van der Waals surface area contributed by atoms with Gasteiger partial charge in [0, 0.05) is 23.2 Å². The first-order valence-corrected chi connectivity index (χ1v) is 11.5. The Hall–Kier alpha value is -3.50. The van der Waals surface area contributed by atoms with Crippen molar-refractivity contribution in [3.8, 4) is 28.1 Å². The number of amides is 1. The van der Waals surface area contributed by atoms with E-state index in [4.69, 9.17) is 15.2 Å². The fourth-order valence-electron chi connectivity index (χ4n) is 4.95. The van der Waals surface area contributed by atoms with E-state index >= 15 is 0 Å². The first-order chi connectivity index (χ1) is 17.1. The molecular weight excluding hydrogens is 475 g/mol. The molecular formula is C26H24F3N3O4. The van der Waals surface area contributed by atoms with Crippen molar-refractivity contribution in [3.63, 3.8) is 0 Å². The molecule has 3 N–H and O–H groups in total. The quantitative estimate of drug-likeness (QED) is 0.511. The number of benzene rings is 1. The van der Waals surface area contributed by atoms with Gasteiger partial charge in [0.2, 0.25) is 11.8 Å². The van der Waals surface area contributed by atoms with Crippen LogP contribution in [0.1, 0.15) is 33.7 Å². The standard InChI is InChI=1S/C26H24F3N3O4/c1-14-2-3-15(22-18(24(30)34)4-5-31-23(22)26(27,28)29)8-19(14)16-9-20(25-11-17(25)12-35-13-25)32-21(10-16)36-7-6-33/h2-5,8-10,17,33H,6-7,11-13H2,1H3,(H2,30,34)/t17-,25-/m1/s1. The summed E-state index contributed by atoms with van der Waals surface area (Å²) in [6.45, 7) is 2.90. The molecule has 10 heteroatoms. The summed E-state index contributed by atoms with van der Waals surface area (Å²) in [6.07, 6.45) is -2.92. The maximum Gasteiger partial charge on any atom is 0.433 e. The van der Waals surface area contributed by atoms with E-state index < -0.39 is 17.8 Å². The highest BCUT2D eigenvalue weighted by Crippen LogP contribution is 2.58. The maximum atomic E-state index is 13.9. The number of ether oxygens (including phenoxy) is 2. The van der Waals surface area contributed by atoms with Gasteiger partial charge < -0.3 is 20.3 Å². The molecule has 2 fully saturated rings. The van der Waals surface area contributed by atoms with Crippen LogP contribution in [0.3, 0.4) is 0 Å². The number of carbonyl (C=O) groups is 1. The smallest absolute Gasteiger partial charge is 0.433 e. The van der Waals surface area contributed by atoms with Crippen LogP contribution in [-0.2, 0) is 16.3 Å². The minimum atomic E-state index is -4.79. The van der Waals surface area contributed by atoms with Crippen LogP contribution < -0.4 is 10.5 Å². The zero-order chi connectivity index (χ0) is 25.7. The molecule has 0 unspecified atom stereocenters. The number of nitrogens with two attached hydrogens (primary N) is 1. The van der Waals surface area contributed by atoms with Gasteiger partial charge in [0.15, 0.2) is 5.69 Å². The summed E-state index contributed by atoms with van der Waals surface area (Å²) in [5, 5.41) is 9.21. The number of pyridine rings is 2. The number of hydrogen-bond acceptors (Lipinski definition) is 6. The largest absolute Gasteiger partial charge is 0.475 e. The Morgan fingerprint density at radius 1 is 1.25 bits per heavy atom. The van der Waals surface area contributed by atoms with Crippen LogP contribution in [0.2, 0.25) is 0 Å². The third kappa shape index (κ3) is 4.20. The minimum absolute atomic E-state index is 0.0500. The highest BCUT2D eigenvalue weighted by atomic mass is 19.4. The molecule has 1 amide bonds. The van der Waals surface area contributed by atoms with Gasteiger partial charge in [0.1, 0.15) is 6.61 Å². The highest BCUT2D eigenvalue weighted by Gasteiger charge is 2.60. The molecule has 1 aromatic carbocycles. The Morgan fingerprint density at radius 3 is 2.69 bits per heavy atom. The fraction of sp³-hybridized carbons (Fsp3) is 0.346. The van der Waals surface area contributed by atoms with E-state index in [1.807, 2.05) is 13.0 Å². The molecule has 1 saturated heterocycles. The van der Waals surface area contributed by atoms with Crippen molar-refractivity contribution in [2.24, 2.45) is 11.7 Å². The molecule has 3 heterocycles. The van der Waals surface area contributed by atoms with E-state index in [2.05, 4.69) is 9.97 Å². The zero-order valence-corrected chi connectivity index (χ0v) is 19.4. The molecule has 0 bridgehead atoms. The maximum absolute atomic E-state index is 13.9. The van der Waals surface area contributed by atoms with Gasteiger partial charge in [-0.1, -0.05) is 12.1 Å². The number of hydrogen-bond donors (Lipinski definition) is 2. The zero-order valence-electron chi connectivity index (χ0n) is 19.4. The Bertz CT molecular complexity index is 1340. The van der Waals surface area contributed by atoms with E-state index in [1.54, 1.807) is 18.2 Å². The van der Waals surface area contributed by atoms with E-state index in [9.17, 15) is 23.1 Å². The van der Waals surface area contributed by atoms with Crippen molar-refractivity contribution in [3.05, 3.63) is 65.1 Å². The molecule has 1 aliphatic heterocycles. The molecule has 1 aliphatic carbocycles. The van der Waals surface area contributed by atoms with E-state index in [-0.39, 0.29) is 35.3 Å². The summed E-state index contributed by atoms with van der Waals surface area (Å²) >= 11 is 0. The summed E-state index contributed by atoms with van der Waals surface area (Å²) in [7, 11) is 0. The molecule has 2 aliphatic rings. The molecule has 36 heavy (non-hydrogen) atoms. The molecule has 7 nitrogen and oxygen atoms in total. The number of fused-ring (bicyclic) bond motifs is 1. The first-order valence-electron chi connectivity index (χ1n) is 11.5. The first kappa shape index (κ1) is 24.2. The average Bonchev–Trinajstić information content (AvgIpc) is 3.41. The Labute approximate surface area is 205 Å². The molecule has 188 valence electrons. The third-order valence-electron chi connectivity index (χ3n) is 6.89. The third-order valence-corrected chi connectivity index (χ3v) is 6.89. The van der Waals surface area contributed by atoms with Gasteiger partial charge in [0.05, 0.1) is 31.1 Å². The molecule has 0 radical (unpaired) electrons. The van der Waals surface area contributed by atoms with Gasteiger partial charge in [-0.3, -0.25) is 9.78 Å². The lowest BCUT2D eigenvalue weighted by Crippen LogP contribution is -2.18. The van der Waals surface area contributed by atoms with Gasteiger partial charge in [-0.05, 0) is 59.7 Å². The number of carbonyl (C=O) groups excluding carboxylic acids is 1. The Balaban J connectivity index is 1.67. The molecule has 1 saturated carbocycles. The molecule has 2 aromatic heterocycles. The van der Waals surface area contributed by atoms with Gasteiger partial charge in [-0.2, -0.15) is 13.2 Å². The SMILES string of the molecule is Cc1ccc(-c2c(C(N)=O)ccnc2C(F)(F)F)cc1-c1cc(OCCO)nc([C@]23COC[C@H]2C3)c1. The lowest BCUT2D eigenvalue weighted by atomic mass is 9.91. The topological polar surface area (TPSA) is 108 Å². The molecule has 5 rings (SSSR count). The van der Waals surface area contributed by atoms with Crippen molar-refractivity contribution in [2.45, 2.75) is 24.9 Å². The van der Waals surface area contributed by atoms with Gasteiger partial charge in [-0.15, -0.1) is 0 Å². The minimum Gasteiger partial charge on any atom is -0.475 e. The Morgan fingerprint density at radius 2 is 2.06 bits per heavy atom. The number of nitrogens with zero attached hydrogens (tertiary/aromatic N) is 2. The van der Waals surface area contributed by atoms with E-state index in [0.717, 1.165) is 23.9 Å². The van der Waals surface area contributed by atoms with Crippen LogP contribution in [-0.4, -0.2) is 47.4 Å². The second kappa shape index (κ2) is 8.86. The summed E-state index contributed by atoms with van der Waals surface area (Å²) in [4.78, 5) is 20.2. The van der Waals surface area contributed by atoms with Crippen LogP contribution in [0, 0.1) is 12.8 Å². The number of aromatic nitrogens is 2.